The molecule has 24 heavy (non-hydrogen) atoms. The molecule has 0 bridgehead atoms. The van der Waals surface area contributed by atoms with E-state index in [9.17, 15) is 9.59 Å². The molecular weight excluding hydrogens is 326 g/mol. The molecule has 2 aromatic rings. The second-order valence-corrected chi connectivity index (χ2v) is 7.42. The molecule has 7 heteroatoms. The number of thiophene rings is 1. The van der Waals surface area contributed by atoms with Gasteiger partial charge in [-0.25, -0.2) is 4.98 Å². The highest BCUT2D eigenvalue weighted by atomic mass is 32.1. The Kier molecular flexibility index (Phi) is 4.10. The lowest BCUT2D eigenvalue weighted by Gasteiger charge is -2.20. The van der Waals surface area contributed by atoms with E-state index in [1.54, 1.807) is 11.3 Å². The number of oxazole rings is 1. The minimum absolute atomic E-state index is 0.0853. The summed E-state index contributed by atoms with van der Waals surface area (Å²) in [5.41, 5.74) is 0.290. The minimum Gasteiger partial charge on any atom is -0.446 e. The number of hydrogen-bond acceptors (Lipinski definition) is 5. The van der Waals surface area contributed by atoms with Crippen LogP contribution in [0.15, 0.2) is 28.2 Å². The number of aromatic nitrogens is 1. The lowest BCUT2D eigenvalue weighted by atomic mass is 10.3. The first-order chi connectivity index (χ1) is 11.7. The monoisotopic (exact) mass is 345 g/mol. The largest absolute Gasteiger partial charge is 0.446 e. The van der Waals surface area contributed by atoms with Crippen molar-refractivity contribution in [2.75, 3.05) is 0 Å². The Labute approximate surface area is 143 Å². The molecule has 0 saturated heterocycles. The van der Waals surface area contributed by atoms with Gasteiger partial charge in [-0.15, -0.1) is 11.3 Å². The van der Waals surface area contributed by atoms with Crippen LogP contribution in [0.4, 0.5) is 0 Å². The topological polar surface area (TPSA) is 75.4 Å². The van der Waals surface area contributed by atoms with E-state index >= 15 is 0 Å². The van der Waals surface area contributed by atoms with Crippen molar-refractivity contribution in [1.82, 2.24) is 15.2 Å². The maximum absolute atomic E-state index is 12.6. The molecule has 2 amide bonds. The number of carbonyl (C=O) groups is 2. The van der Waals surface area contributed by atoms with E-state index in [-0.39, 0.29) is 23.9 Å². The van der Waals surface area contributed by atoms with Gasteiger partial charge in [-0.3, -0.25) is 9.59 Å². The highest BCUT2D eigenvalue weighted by molar-refractivity contribution is 7.10. The van der Waals surface area contributed by atoms with Gasteiger partial charge in [0.05, 0.1) is 13.0 Å². The second kappa shape index (κ2) is 6.39. The summed E-state index contributed by atoms with van der Waals surface area (Å²) < 4.78 is 5.42. The van der Waals surface area contributed by atoms with Crippen LogP contribution in [0.3, 0.4) is 0 Å². The smallest absolute Gasteiger partial charge is 0.273 e. The number of rotatable bonds is 7. The first-order valence-electron chi connectivity index (χ1n) is 8.26. The Morgan fingerprint density at radius 1 is 1.33 bits per heavy atom. The van der Waals surface area contributed by atoms with Crippen molar-refractivity contribution in [3.05, 3.63) is 40.2 Å². The van der Waals surface area contributed by atoms with Crippen molar-refractivity contribution in [3.8, 4) is 0 Å². The van der Waals surface area contributed by atoms with E-state index < -0.39 is 0 Å². The lowest BCUT2D eigenvalue weighted by Crippen LogP contribution is -2.33. The van der Waals surface area contributed by atoms with Gasteiger partial charge in [-0.2, -0.15) is 0 Å². The van der Waals surface area contributed by atoms with Crippen molar-refractivity contribution in [3.63, 3.8) is 0 Å². The molecule has 1 N–H and O–H groups in total. The molecule has 0 atom stereocenters. The van der Waals surface area contributed by atoms with Crippen molar-refractivity contribution in [2.24, 2.45) is 0 Å². The van der Waals surface area contributed by atoms with Crippen LogP contribution in [-0.2, 0) is 17.8 Å². The van der Waals surface area contributed by atoms with Gasteiger partial charge in [0.2, 0.25) is 11.8 Å². The number of hydrogen-bond donors (Lipinski definition) is 1. The van der Waals surface area contributed by atoms with Crippen LogP contribution in [-0.4, -0.2) is 33.8 Å². The number of carbonyl (C=O) groups excluding carboxylic acids is 2. The first kappa shape index (κ1) is 15.4. The van der Waals surface area contributed by atoms with Gasteiger partial charge in [0, 0.05) is 17.0 Å². The summed E-state index contributed by atoms with van der Waals surface area (Å²) in [6.45, 7) is 0.325. The Morgan fingerprint density at radius 2 is 2.17 bits per heavy atom. The van der Waals surface area contributed by atoms with Crippen LogP contribution < -0.4 is 5.32 Å². The summed E-state index contributed by atoms with van der Waals surface area (Å²) in [5.74, 6) is 0.305. The minimum atomic E-state index is -0.199. The van der Waals surface area contributed by atoms with E-state index in [0.717, 1.165) is 30.6 Å². The van der Waals surface area contributed by atoms with Crippen LogP contribution in [0.2, 0.25) is 0 Å². The molecule has 4 rings (SSSR count). The van der Waals surface area contributed by atoms with E-state index in [1.807, 2.05) is 22.4 Å². The average Bonchev–Trinajstić information content (AvgIpc) is 3.47. The summed E-state index contributed by atoms with van der Waals surface area (Å²) in [6.07, 6.45) is 5.88. The van der Waals surface area contributed by atoms with E-state index in [4.69, 9.17) is 4.42 Å². The van der Waals surface area contributed by atoms with Crippen molar-refractivity contribution in [1.29, 1.82) is 0 Å². The Balaban J connectivity index is 1.40. The SMILES string of the molecule is O=C(NC1CC1)c1coc(CN(C(=O)Cc2cccs2)C2CC2)n1. The predicted molar refractivity (Wildman–Crippen MR) is 88.6 cm³/mol. The summed E-state index contributed by atoms with van der Waals surface area (Å²) in [6, 6.07) is 4.48. The van der Waals surface area contributed by atoms with Gasteiger partial charge in [0.15, 0.2) is 5.69 Å². The zero-order valence-electron chi connectivity index (χ0n) is 13.2. The van der Waals surface area contributed by atoms with E-state index in [2.05, 4.69) is 10.3 Å². The number of nitrogens with one attached hydrogen (secondary N) is 1. The van der Waals surface area contributed by atoms with Gasteiger partial charge in [-0.1, -0.05) is 6.07 Å². The summed E-state index contributed by atoms with van der Waals surface area (Å²) in [7, 11) is 0. The zero-order chi connectivity index (χ0) is 16.5. The second-order valence-electron chi connectivity index (χ2n) is 6.38. The maximum atomic E-state index is 12.6. The zero-order valence-corrected chi connectivity index (χ0v) is 14.1. The quantitative estimate of drug-likeness (QED) is 0.836. The standard InChI is InChI=1S/C17H19N3O3S/c21-16(8-13-2-1-7-24-13)20(12-5-6-12)9-15-19-14(10-23-15)17(22)18-11-3-4-11/h1-2,7,10-12H,3-6,8-9H2,(H,18,22). The van der Waals surface area contributed by atoms with Crippen LogP contribution >= 0.6 is 11.3 Å². The van der Waals surface area contributed by atoms with Gasteiger partial charge in [0.1, 0.15) is 6.26 Å². The van der Waals surface area contributed by atoms with Crippen molar-refractivity contribution >= 4 is 23.2 Å². The Morgan fingerprint density at radius 3 is 2.83 bits per heavy atom. The van der Waals surface area contributed by atoms with Crippen molar-refractivity contribution < 1.29 is 14.0 Å². The Hall–Kier alpha value is -2.15. The molecule has 0 radical (unpaired) electrons. The molecule has 0 aromatic carbocycles. The highest BCUT2D eigenvalue weighted by Crippen LogP contribution is 2.29. The highest BCUT2D eigenvalue weighted by Gasteiger charge is 2.34. The van der Waals surface area contributed by atoms with Crippen LogP contribution in [0.25, 0.3) is 0 Å². The maximum Gasteiger partial charge on any atom is 0.273 e. The Bertz CT molecular complexity index is 732. The molecule has 2 fully saturated rings. The van der Waals surface area contributed by atoms with Gasteiger partial charge in [0.25, 0.3) is 5.91 Å². The summed E-state index contributed by atoms with van der Waals surface area (Å²) in [5, 5.41) is 4.86. The third kappa shape index (κ3) is 3.67. The molecule has 0 unspecified atom stereocenters. The summed E-state index contributed by atoms with van der Waals surface area (Å²) in [4.78, 5) is 31.7. The molecule has 6 nitrogen and oxygen atoms in total. The molecule has 126 valence electrons. The normalized spacial score (nSPS) is 16.8. The van der Waals surface area contributed by atoms with E-state index in [1.165, 1.54) is 6.26 Å². The molecule has 0 aliphatic heterocycles. The van der Waals surface area contributed by atoms with Gasteiger partial charge in [-0.05, 0) is 37.1 Å². The first-order valence-corrected chi connectivity index (χ1v) is 9.14. The molecule has 0 spiro atoms. The van der Waals surface area contributed by atoms with Crippen LogP contribution in [0, 0.1) is 0 Å². The molecule has 2 aliphatic rings. The average molecular weight is 345 g/mol. The third-order valence-corrected chi connectivity index (χ3v) is 5.09. The van der Waals surface area contributed by atoms with Crippen LogP contribution in [0.1, 0.15) is 46.9 Å². The number of nitrogens with zero attached hydrogens (tertiary/aromatic N) is 2. The van der Waals surface area contributed by atoms with Crippen LogP contribution in [0.5, 0.6) is 0 Å². The fourth-order valence-corrected chi connectivity index (χ4v) is 3.29. The van der Waals surface area contributed by atoms with E-state index in [0.29, 0.717) is 24.6 Å². The molecule has 2 saturated carbocycles. The molecule has 2 heterocycles. The molecular formula is C17H19N3O3S. The van der Waals surface area contributed by atoms with Gasteiger partial charge >= 0.3 is 0 Å². The number of amides is 2. The lowest BCUT2D eigenvalue weighted by molar-refractivity contribution is -0.132. The fourth-order valence-electron chi connectivity index (χ4n) is 2.59. The van der Waals surface area contributed by atoms with Gasteiger partial charge < -0.3 is 14.6 Å². The molecule has 2 aromatic heterocycles. The molecule has 2 aliphatic carbocycles. The third-order valence-electron chi connectivity index (χ3n) is 4.22. The fraction of sp³-hybridized carbons (Fsp3) is 0.471. The predicted octanol–water partition coefficient (Wildman–Crippen LogP) is 2.36. The summed E-state index contributed by atoms with van der Waals surface area (Å²) >= 11 is 1.59. The van der Waals surface area contributed by atoms with Crippen molar-refractivity contribution in [2.45, 2.75) is 50.7 Å².